The van der Waals surface area contributed by atoms with Crippen LogP contribution in [0.15, 0.2) is 195 Å². The molecule has 674 valence electrons. The number of nitrogens with two attached hydrogens (primary N) is 3. The van der Waals surface area contributed by atoms with E-state index in [0.29, 0.717) is 50.9 Å². The van der Waals surface area contributed by atoms with Crippen LogP contribution in [0.4, 0.5) is 26.3 Å². The van der Waals surface area contributed by atoms with E-state index in [1.54, 1.807) is 50.3 Å². The van der Waals surface area contributed by atoms with Gasteiger partial charge in [-0.15, -0.1) is 40.8 Å². The van der Waals surface area contributed by atoms with Crippen molar-refractivity contribution in [3.05, 3.63) is 283 Å². The third-order valence-corrected chi connectivity index (χ3v) is 43.6. The zero-order chi connectivity index (χ0) is 91.0. The van der Waals surface area contributed by atoms with E-state index in [9.17, 15) is 0 Å². The molecule has 0 amide bonds. The van der Waals surface area contributed by atoms with Gasteiger partial charge in [0.2, 0.25) is 20.5 Å². The summed E-state index contributed by atoms with van der Waals surface area (Å²) in [6, 6.07) is 42.6. The third kappa shape index (κ3) is 25.6. The van der Waals surface area contributed by atoms with Gasteiger partial charge in [0, 0.05) is 67.7 Å². The zero-order valence-corrected chi connectivity index (χ0v) is 84.3. The molecule has 6 aliphatic rings. The number of unbranched alkanes of at least 4 members (excludes halogenated alkanes) is 3. The summed E-state index contributed by atoms with van der Waals surface area (Å²) in [5.74, 6) is 2.57. The van der Waals surface area contributed by atoms with E-state index < -0.39 is 18.4 Å². The molecule has 2 fully saturated rings. The van der Waals surface area contributed by atoms with Crippen LogP contribution in [0.2, 0.25) is 28.8 Å². The van der Waals surface area contributed by atoms with Gasteiger partial charge in [-0.25, -0.2) is 15.0 Å². The number of fused-ring (bicyclic) bond motifs is 4. The van der Waals surface area contributed by atoms with E-state index in [1.807, 2.05) is 73.2 Å². The quantitative estimate of drug-likeness (QED) is 0.0206. The van der Waals surface area contributed by atoms with Crippen molar-refractivity contribution in [3.8, 4) is 53.8 Å². The fraction of sp³-hybridized carbons (Fsp3) is 0.306. The van der Waals surface area contributed by atoms with E-state index in [0.717, 1.165) is 146 Å². The van der Waals surface area contributed by atoms with Crippen LogP contribution in [0.5, 0.6) is 11.5 Å². The Morgan fingerprint density at radius 2 is 0.794 bits per heavy atom. The van der Waals surface area contributed by atoms with E-state index in [-0.39, 0.29) is 0 Å². The fourth-order valence-corrected chi connectivity index (χ4v) is 35.8. The molecule has 8 aromatic heterocycles. The number of anilines is 5. The number of rotatable bonds is 27. The zero-order valence-electron chi connectivity index (χ0n) is 73.7. The minimum absolute atomic E-state index is 0.389. The summed E-state index contributed by atoms with van der Waals surface area (Å²) in [7, 11) is 3.34. The summed E-state index contributed by atoms with van der Waals surface area (Å²) in [4.78, 5) is 35.3. The summed E-state index contributed by atoms with van der Waals surface area (Å²) < 4.78 is 17.3. The Labute approximate surface area is 813 Å². The Balaban J connectivity index is 0.000000124. The number of hydrogen-bond donors (Lipinski definition) is 6. The number of nitrogen functional groups attached to an aromatic ring is 2. The van der Waals surface area contributed by atoms with Gasteiger partial charge in [0.25, 0.3) is 0 Å². The van der Waals surface area contributed by atoms with Gasteiger partial charge >= 0.3 is 134 Å². The normalized spacial score (nSPS) is 13.9. The van der Waals surface area contributed by atoms with Crippen LogP contribution in [-0.4, -0.2) is 125 Å². The van der Waals surface area contributed by atoms with E-state index in [1.165, 1.54) is 190 Å². The van der Waals surface area contributed by atoms with Gasteiger partial charge < -0.3 is 42.6 Å². The Hall–Kier alpha value is -10.2. The molecule has 8 heterocycles. The second-order valence-electron chi connectivity index (χ2n) is 32.6. The third-order valence-electron chi connectivity index (χ3n) is 23.5. The second kappa shape index (κ2) is 46.9. The molecule has 14 aromatic rings. The van der Waals surface area contributed by atoms with Gasteiger partial charge in [-0.2, -0.15) is 0 Å². The Morgan fingerprint density at radius 3 is 1.18 bits per heavy atom. The van der Waals surface area contributed by atoms with Crippen LogP contribution >= 0.6 is 103 Å². The first kappa shape index (κ1) is 95.4. The second-order valence-corrected chi connectivity index (χ2v) is 51.9. The molecule has 9 N–H and O–H groups in total. The van der Waals surface area contributed by atoms with Crippen molar-refractivity contribution in [2.24, 2.45) is 5.73 Å². The minimum atomic E-state index is -2.40. The van der Waals surface area contributed by atoms with Crippen molar-refractivity contribution in [2.45, 2.75) is 175 Å². The number of methoxy groups -OCH3 is 2. The molecular formula is C98H104Cl3IN22O2S4Sn. The fourth-order valence-electron chi connectivity index (χ4n) is 16.5. The predicted octanol–water partition coefficient (Wildman–Crippen LogP) is 23.6. The largest absolute Gasteiger partial charge is 0.497 e. The number of nitrogens with zero attached hydrogens (tertiary/aromatic N) is 16. The van der Waals surface area contributed by atoms with Crippen LogP contribution in [-0.2, 0) is 38.8 Å². The molecule has 2 saturated carbocycles. The monoisotopic (exact) mass is 2100 g/mol. The van der Waals surface area contributed by atoms with Crippen LogP contribution < -0.4 is 46.3 Å². The Kier molecular flexibility index (Phi) is 34.2. The van der Waals surface area contributed by atoms with Crippen LogP contribution in [0, 0.1) is 0 Å². The molecule has 0 radical (unpaired) electrons. The topological polar surface area (TPSA) is 339 Å². The molecule has 0 atom stereocenters. The first-order valence-electron chi connectivity index (χ1n) is 44.3. The Bertz CT molecular complexity index is 6310. The summed E-state index contributed by atoms with van der Waals surface area (Å²) in [6.07, 6.45) is 44.5. The molecule has 0 unspecified atom stereocenters. The van der Waals surface area contributed by atoms with Gasteiger partial charge in [-0.1, -0.05) is 191 Å². The number of allylic oxidation sites excluding steroid dienone is 4. The van der Waals surface area contributed by atoms with Gasteiger partial charge in [-0.3, -0.25) is 15.0 Å². The maximum absolute atomic E-state index is 6.11. The van der Waals surface area contributed by atoms with Crippen molar-refractivity contribution in [1.29, 1.82) is 0 Å². The van der Waals surface area contributed by atoms with E-state index in [4.69, 9.17) is 71.4 Å². The van der Waals surface area contributed by atoms with Gasteiger partial charge in [0.15, 0.2) is 0 Å². The number of ether oxygens (including phenoxy) is 2. The number of nitrogens with one attached hydrogen (secondary N) is 3. The maximum atomic E-state index is 6.11. The molecular weight excluding hydrogens is 2000 g/mol. The molecule has 6 aliphatic carbocycles. The molecule has 0 aliphatic heterocycles. The molecule has 0 bridgehead atoms. The van der Waals surface area contributed by atoms with Crippen molar-refractivity contribution >= 4 is 171 Å². The average molecular weight is 2100 g/mol. The number of aromatic nitrogens is 16. The van der Waals surface area contributed by atoms with Crippen LogP contribution in [0.25, 0.3) is 62.6 Å². The molecule has 0 saturated heterocycles. The van der Waals surface area contributed by atoms with Crippen LogP contribution in [0.3, 0.4) is 0 Å². The minimum Gasteiger partial charge on any atom is -0.497 e. The number of benzene rings is 6. The van der Waals surface area contributed by atoms with E-state index >= 15 is 0 Å². The first-order valence-corrected chi connectivity index (χ1v) is 57.3. The van der Waals surface area contributed by atoms with Crippen molar-refractivity contribution < 1.29 is 9.47 Å². The molecule has 33 heteroatoms. The standard InChI is InChI=1S/C23H18ClN5OS.C20H20N6S.C19H16IN3OS.C15H10ClN5S.C5H11N.C4H2ClN2.3C4H9.Sn/c1-30-17-7-2-14(3-8-17)11-26-23-29-28-22(31-23)16-5-4-15-6-9-18(19(15)10-16)20-12-25-13-21(24)27-20;21-20-26-25-19(27-20)13-6-5-12-7-8-15(16(12)9-13)17-10-22-11-18(24-17)23-14-3-1-2-4-14;1-24-15-7-2-12(3-8-15)11-21-19-23-22-18(25-19)14-5-4-13-6-9-17(20)16(13)10-14;16-13-7-18-6-12(19-13)10-4-3-8-1-2-9(5-11(8)10)14-20-21-15(17)22-14;6-5-3-1-2-4-5;5-4-3-6-1-2-7-4;3*1-3-4-2;/h2-5,7-10,12-13H,6,11H2,1H3,(H,26,29);5-6,8-11,14H,1-4,7H2,(H2,21,26)(H,23,24);2-5,7-10H,6,11H2,1H3,(H,21,23);1-2,4-7H,3H2,(H2,17,21);5H,1-4,6H2;1,3H;3*1,3-4H2,2H3;. The van der Waals surface area contributed by atoms with Crippen molar-refractivity contribution in [1.82, 2.24) is 80.7 Å². The number of hydrogen-bond acceptors (Lipinski definition) is 28. The maximum Gasteiger partial charge on any atom is 0.206 e. The Morgan fingerprint density at radius 1 is 0.420 bits per heavy atom. The van der Waals surface area contributed by atoms with Crippen molar-refractivity contribution in [2.75, 3.05) is 41.6 Å². The van der Waals surface area contributed by atoms with Gasteiger partial charge in [0.05, 0.1) is 68.5 Å². The number of halogens is 4. The molecule has 20 rings (SSSR count). The summed E-state index contributed by atoms with van der Waals surface area (Å²) in [5, 5.41) is 50.9. The summed E-state index contributed by atoms with van der Waals surface area (Å²) >= 11 is 24.0. The smallest absolute Gasteiger partial charge is 0.206 e. The molecule has 6 aromatic carbocycles. The van der Waals surface area contributed by atoms with Gasteiger partial charge in [-0.05, 0) is 178 Å². The SMILES string of the molecule is CCC[CH2][Sn]([CH2]CCC)([CH2]CCC)[c]1cncc(Cl)n1.COc1ccc(CNc2nnc(-c3ccc4c(c3)C(I)=CC4)s2)cc1.COc1ccc(CNc2nnc(-c3ccc4c(c3)C(c3cncc(Cl)n3)=CC4)s2)cc1.NC1CCCC1.Nc1nnc(-c2ccc3c(c2)C(c2cncc(Cl)n2)=CC3)s1.Nc1nnc(-c2ccc3c(c2)C(c2cncc(NC4CCCC4)n2)=CC3)s1. The molecule has 24 nitrogen and oxygen atoms in total. The van der Waals surface area contributed by atoms with Crippen LogP contribution in [0.1, 0.15) is 183 Å². The first-order chi connectivity index (χ1) is 64.0. The molecule has 0 spiro atoms. The molecule has 131 heavy (non-hydrogen) atoms. The van der Waals surface area contributed by atoms with E-state index in [2.05, 4.69) is 221 Å². The summed E-state index contributed by atoms with van der Waals surface area (Å²) in [5.41, 5.74) is 39.1. The average Bonchev–Trinajstić information content (AvgIpc) is 1.66. The van der Waals surface area contributed by atoms with Crippen molar-refractivity contribution in [3.63, 3.8) is 0 Å². The predicted molar refractivity (Wildman–Crippen MR) is 549 cm³/mol. The summed E-state index contributed by atoms with van der Waals surface area (Å²) in [6.45, 7) is 8.26. The van der Waals surface area contributed by atoms with Gasteiger partial charge in [0.1, 0.15) is 47.7 Å².